The normalized spacial score (nSPS) is 19.1. The number of aliphatic hydroxyl groups is 1. The summed E-state index contributed by atoms with van der Waals surface area (Å²) in [4.78, 5) is 12.6. The number of rotatable bonds is 4. The van der Waals surface area contributed by atoms with Crippen LogP contribution in [0.5, 0.6) is 0 Å². The Morgan fingerprint density at radius 1 is 1.55 bits per heavy atom. The molecular weight excluding hydrogens is 280 g/mol. The van der Waals surface area contributed by atoms with Crippen molar-refractivity contribution in [2.45, 2.75) is 26.2 Å². The average Bonchev–Trinajstić information content (AvgIpc) is 2.41. The van der Waals surface area contributed by atoms with Crippen LogP contribution in [0.3, 0.4) is 0 Å². The number of nitrogens with zero attached hydrogens (tertiary/aromatic N) is 2. The Morgan fingerprint density at radius 3 is 2.95 bits per heavy atom. The summed E-state index contributed by atoms with van der Waals surface area (Å²) in [5.74, 6) is 0.474. The number of benzene rings is 1. The van der Waals surface area contributed by atoms with E-state index in [1.807, 2.05) is 6.92 Å². The first-order chi connectivity index (χ1) is 9.52. The van der Waals surface area contributed by atoms with Crippen molar-refractivity contribution in [2.75, 3.05) is 24.6 Å². The molecule has 1 N–H and O–H groups in total. The zero-order valence-corrected chi connectivity index (χ0v) is 12.3. The zero-order valence-electron chi connectivity index (χ0n) is 11.5. The molecule has 1 heterocycles. The lowest BCUT2D eigenvalue weighted by Crippen LogP contribution is -2.36. The number of anilines is 1. The zero-order chi connectivity index (χ0) is 14.7. The molecule has 5 nitrogen and oxygen atoms in total. The fourth-order valence-electron chi connectivity index (χ4n) is 2.84. The van der Waals surface area contributed by atoms with Crippen LogP contribution in [0.25, 0.3) is 0 Å². The number of nitro benzene ring substituents is 1. The molecule has 6 heteroatoms. The molecule has 1 aromatic rings. The molecule has 1 aliphatic heterocycles. The first-order valence-corrected chi connectivity index (χ1v) is 7.21. The van der Waals surface area contributed by atoms with Gasteiger partial charge in [0, 0.05) is 31.5 Å². The van der Waals surface area contributed by atoms with E-state index in [2.05, 4.69) is 4.90 Å². The highest BCUT2D eigenvalue weighted by atomic mass is 35.5. The van der Waals surface area contributed by atoms with Gasteiger partial charge in [-0.2, -0.15) is 0 Å². The molecule has 1 fully saturated rings. The van der Waals surface area contributed by atoms with Crippen LogP contribution in [0, 0.1) is 23.0 Å². The average molecular weight is 299 g/mol. The number of aryl methyl sites for hydroxylation is 1. The highest BCUT2D eigenvalue weighted by molar-refractivity contribution is 6.33. The fourth-order valence-corrected chi connectivity index (χ4v) is 3.07. The van der Waals surface area contributed by atoms with Gasteiger partial charge in [-0.25, -0.2) is 0 Å². The molecule has 1 unspecified atom stereocenters. The van der Waals surface area contributed by atoms with Crippen LogP contribution in [0.1, 0.15) is 24.8 Å². The van der Waals surface area contributed by atoms with Crippen LogP contribution >= 0.6 is 11.6 Å². The van der Waals surface area contributed by atoms with Gasteiger partial charge in [-0.3, -0.25) is 10.1 Å². The number of aliphatic hydroxyl groups excluding tert-OH is 1. The minimum absolute atomic E-state index is 0.0446. The molecule has 1 atom stereocenters. The maximum atomic E-state index is 10.9. The Hall–Kier alpha value is -1.33. The Morgan fingerprint density at radius 2 is 2.30 bits per heavy atom. The first-order valence-electron chi connectivity index (χ1n) is 6.83. The van der Waals surface area contributed by atoms with Gasteiger partial charge in [0.15, 0.2) is 0 Å². The molecule has 0 bridgehead atoms. The molecule has 0 aliphatic carbocycles. The summed E-state index contributed by atoms with van der Waals surface area (Å²) in [6.07, 6.45) is 2.99. The Balaban J connectivity index is 2.24. The van der Waals surface area contributed by atoms with Crippen LogP contribution in [0.15, 0.2) is 12.1 Å². The van der Waals surface area contributed by atoms with Gasteiger partial charge in [-0.05, 0) is 43.7 Å². The third kappa shape index (κ3) is 3.22. The maximum Gasteiger partial charge on any atom is 0.288 e. The van der Waals surface area contributed by atoms with E-state index in [1.54, 1.807) is 6.07 Å². The van der Waals surface area contributed by atoms with Crippen LogP contribution in [0.4, 0.5) is 11.4 Å². The van der Waals surface area contributed by atoms with E-state index in [4.69, 9.17) is 16.7 Å². The Kier molecular flexibility index (Phi) is 4.83. The van der Waals surface area contributed by atoms with Crippen molar-refractivity contribution in [3.05, 3.63) is 32.8 Å². The van der Waals surface area contributed by atoms with E-state index in [0.29, 0.717) is 5.92 Å². The third-order valence-electron chi connectivity index (χ3n) is 3.86. The van der Waals surface area contributed by atoms with Crippen molar-refractivity contribution in [3.8, 4) is 0 Å². The van der Waals surface area contributed by atoms with Crippen molar-refractivity contribution >= 4 is 23.0 Å². The number of halogens is 1. The molecule has 0 spiro atoms. The van der Waals surface area contributed by atoms with Gasteiger partial charge in [0.05, 0.1) is 4.92 Å². The maximum absolute atomic E-state index is 10.9. The monoisotopic (exact) mass is 298 g/mol. The molecular formula is C14H19ClN2O3. The van der Waals surface area contributed by atoms with Gasteiger partial charge in [-0.15, -0.1) is 0 Å². The third-order valence-corrected chi connectivity index (χ3v) is 4.16. The summed E-state index contributed by atoms with van der Waals surface area (Å²) in [5, 5.41) is 20.1. The van der Waals surface area contributed by atoms with Gasteiger partial charge in [0.1, 0.15) is 5.02 Å². The second-order valence-corrected chi connectivity index (χ2v) is 5.72. The quantitative estimate of drug-likeness (QED) is 0.685. The van der Waals surface area contributed by atoms with Crippen molar-refractivity contribution in [2.24, 2.45) is 5.92 Å². The van der Waals surface area contributed by atoms with Gasteiger partial charge in [0.25, 0.3) is 5.69 Å². The van der Waals surface area contributed by atoms with Crippen molar-refractivity contribution in [3.63, 3.8) is 0 Å². The van der Waals surface area contributed by atoms with E-state index in [1.165, 1.54) is 6.07 Å². The summed E-state index contributed by atoms with van der Waals surface area (Å²) in [6, 6.07) is 3.23. The highest BCUT2D eigenvalue weighted by Gasteiger charge is 2.23. The molecule has 0 radical (unpaired) electrons. The summed E-state index contributed by atoms with van der Waals surface area (Å²) in [7, 11) is 0. The highest BCUT2D eigenvalue weighted by Crippen LogP contribution is 2.34. The van der Waals surface area contributed by atoms with E-state index in [-0.39, 0.29) is 17.3 Å². The number of piperidine rings is 1. The first kappa shape index (κ1) is 15.1. The van der Waals surface area contributed by atoms with Gasteiger partial charge in [0.2, 0.25) is 0 Å². The second kappa shape index (κ2) is 6.41. The molecule has 0 saturated carbocycles. The SMILES string of the molecule is Cc1cc([N+](=O)[O-])c(Cl)cc1N1CCCC(CCO)C1. The lowest BCUT2D eigenvalue weighted by molar-refractivity contribution is -0.384. The van der Waals surface area contributed by atoms with Crippen molar-refractivity contribution in [1.29, 1.82) is 0 Å². The molecule has 20 heavy (non-hydrogen) atoms. The predicted molar refractivity (Wildman–Crippen MR) is 79.5 cm³/mol. The summed E-state index contributed by atoms with van der Waals surface area (Å²) in [6.45, 7) is 3.87. The Labute approximate surface area is 123 Å². The van der Waals surface area contributed by atoms with Gasteiger partial charge < -0.3 is 10.0 Å². The molecule has 1 saturated heterocycles. The van der Waals surface area contributed by atoms with Crippen LogP contribution < -0.4 is 4.90 Å². The standard InChI is InChI=1S/C14H19ClN2O3/c1-10-7-14(17(19)20)12(15)8-13(10)16-5-2-3-11(9-16)4-6-18/h7-8,11,18H,2-6,9H2,1H3. The topological polar surface area (TPSA) is 66.6 Å². The molecule has 1 aliphatic rings. The Bertz CT molecular complexity index is 505. The smallest absolute Gasteiger partial charge is 0.288 e. The predicted octanol–water partition coefficient (Wildman–Crippen LogP) is 3.16. The van der Waals surface area contributed by atoms with E-state index < -0.39 is 4.92 Å². The van der Waals surface area contributed by atoms with Gasteiger partial charge >= 0.3 is 0 Å². The van der Waals surface area contributed by atoms with Crippen LogP contribution in [-0.2, 0) is 0 Å². The summed E-state index contributed by atoms with van der Waals surface area (Å²) in [5.41, 5.74) is 1.78. The van der Waals surface area contributed by atoms with Crippen molar-refractivity contribution < 1.29 is 10.0 Å². The molecule has 1 aromatic carbocycles. The number of nitro groups is 1. The van der Waals surface area contributed by atoms with E-state index >= 15 is 0 Å². The summed E-state index contributed by atoms with van der Waals surface area (Å²) >= 11 is 6.00. The van der Waals surface area contributed by atoms with E-state index in [0.717, 1.165) is 43.6 Å². The van der Waals surface area contributed by atoms with Crippen molar-refractivity contribution in [1.82, 2.24) is 0 Å². The fraction of sp³-hybridized carbons (Fsp3) is 0.571. The minimum atomic E-state index is -0.454. The van der Waals surface area contributed by atoms with E-state index in [9.17, 15) is 10.1 Å². The van der Waals surface area contributed by atoms with Crippen LogP contribution in [0.2, 0.25) is 5.02 Å². The molecule has 0 aromatic heterocycles. The second-order valence-electron chi connectivity index (χ2n) is 5.31. The summed E-state index contributed by atoms with van der Waals surface area (Å²) < 4.78 is 0. The molecule has 0 amide bonds. The minimum Gasteiger partial charge on any atom is -0.396 e. The van der Waals surface area contributed by atoms with Crippen LogP contribution in [-0.4, -0.2) is 29.7 Å². The van der Waals surface area contributed by atoms with Gasteiger partial charge in [-0.1, -0.05) is 11.6 Å². The lowest BCUT2D eigenvalue weighted by Gasteiger charge is -2.35. The largest absolute Gasteiger partial charge is 0.396 e. The lowest BCUT2D eigenvalue weighted by atomic mass is 9.94. The molecule has 2 rings (SSSR count). The molecule has 110 valence electrons. The number of hydrogen-bond donors (Lipinski definition) is 1. The number of hydrogen-bond acceptors (Lipinski definition) is 4.